The van der Waals surface area contributed by atoms with E-state index in [0.29, 0.717) is 5.75 Å². The molecule has 2 nitrogen and oxygen atoms in total. The van der Waals surface area contributed by atoms with E-state index < -0.39 is 0 Å². The standard InChI is InChI=1S/C12H19NOS/c1-9-5-6-11(10(2)12(9)14)13-7-4-8-15-3/h5-6,13-14H,4,7-8H2,1-3H3. The van der Waals surface area contributed by atoms with Crippen LogP contribution in [0, 0.1) is 13.8 Å². The van der Waals surface area contributed by atoms with Gasteiger partial charge in [-0.2, -0.15) is 11.8 Å². The first-order valence-corrected chi connectivity index (χ1v) is 6.58. The highest BCUT2D eigenvalue weighted by molar-refractivity contribution is 7.98. The molecule has 0 unspecified atom stereocenters. The van der Waals surface area contributed by atoms with E-state index in [2.05, 4.69) is 11.6 Å². The van der Waals surface area contributed by atoms with Crippen molar-refractivity contribution in [1.29, 1.82) is 0 Å². The van der Waals surface area contributed by atoms with Crippen LogP contribution in [0.15, 0.2) is 12.1 Å². The van der Waals surface area contributed by atoms with E-state index in [9.17, 15) is 5.11 Å². The summed E-state index contributed by atoms with van der Waals surface area (Å²) >= 11 is 1.86. The Balaban J connectivity index is 2.58. The number of phenols is 1. The SMILES string of the molecule is CSCCCNc1ccc(C)c(O)c1C. The number of hydrogen-bond donors (Lipinski definition) is 2. The van der Waals surface area contributed by atoms with Gasteiger partial charge in [0.2, 0.25) is 0 Å². The second-order valence-corrected chi connectivity index (χ2v) is 4.66. The molecule has 0 radical (unpaired) electrons. The van der Waals surface area contributed by atoms with Crippen molar-refractivity contribution in [2.24, 2.45) is 0 Å². The van der Waals surface area contributed by atoms with E-state index in [1.54, 1.807) is 0 Å². The van der Waals surface area contributed by atoms with Gasteiger partial charge >= 0.3 is 0 Å². The van der Waals surface area contributed by atoms with E-state index in [0.717, 1.165) is 29.8 Å². The van der Waals surface area contributed by atoms with Crippen molar-refractivity contribution in [3.8, 4) is 5.75 Å². The Labute approximate surface area is 96.1 Å². The molecule has 0 aliphatic heterocycles. The van der Waals surface area contributed by atoms with Crippen LogP contribution in [0.5, 0.6) is 5.75 Å². The van der Waals surface area contributed by atoms with Crippen molar-refractivity contribution in [3.05, 3.63) is 23.3 Å². The lowest BCUT2D eigenvalue weighted by molar-refractivity contribution is 0.467. The molecule has 1 aromatic rings. The van der Waals surface area contributed by atoms with Gasteiger partial charge in [-0.25, -0.2) is 0 Å². The van der Waals surface area contributed by atoms with Gasteiger partial charge in [0.05, 0.1) is 0 Å². The van der Waals surface area contributed by atoms with Crippen LogP contribution in [0.4, 0.5) is 5.69 Å². The van der Waals surface area contributed by atoms with Crippen LogP contribution < -0.4 is 5.32 Å². The Hall–Kier alpha value is -0.830. The summed E-state index contributed by atoms with van der Waals surface area (Å²) in [5.74, 6) is 1.58. The maximum absolute atomic E-state index is 9.75. The minimum atomic E-state index is 0.407. The molecule has 1 aromatic carbocycles. The van der Waals surface area contributed by atoms with Crippen molar-refractivity contribution in [3.63, 3.8) is 0 Å². The largest absolute Gasteiger partial charge is 0.507 e. The molecule has 84 valence electrons. The third kappa shape index (κ3) is 3.34. The summed E-state index contributed by atoms with van der Waals surface area (Å²) < 4.78 is 0. The number of aromatic hydroxyl groups is 1. The van der Waals surface area contributed by atoms with Crippen molar-refractivity contribution in [2.75, 3.05) is 23.9 Å². The number of anilines is 1. The number of aryl methyl sites for hydroxylation is 1. The molecule has 15 heavy (non-hydrogen) atoms. The summed E-state index contributed by atoms with van der Waals surface area (Å²) in [6.45, 7) is 4.82. The summed E-state index contributed by atoms with van der Waals surface area (Å²) in [6.07, 6.45) is 3.26. The Morgan fingerprint density at radius 1 is 1.33 bits per heavy atom. The van der Waals surface area contributed by atoms with E-state index in [1.807, 2.05) is 37.7 Å². The molecule has 0 saturated heterocycles. The number of nitrogens with one attached hydrogen (secondary N) is 1. The first-order chi connectivity index (χ1) is 7.16. The lowest BCUT2D eigenvalue weighted by Gasteiger charge is -2.11. The molecular weight excluding hydrogens is 206 g/mol. The normalized spacial score (nSPS) is 10.3. The van der Waals surface area contributed by atoms with Crippen LogP contribution in [0.2, 0.25) is 0 Å². The molecule has 0 heterocycles. The van der Waals surface area contributed by atoms with E-state index >= 15 is 0 Å². The van der Waals surface area contributed by atoms with E-state index in [4.69, 9.17) is 0 Å². The fourth-order valence-electron chi connectivity index (χ4n) is 1.47. The average molecular weight is 225 g/mol. The van der Waals surface area contributed by atoms with Crippen molar-refractivity contribution < 1.29 is 5.11 Å². The summed E-state index contributed by atoms with van der Waals surface area (Å²) in [7, 11) is 0. The minimum Gasteiger partial charge on any atom is -0.507 e. The molecule has 0 bridgehead atoms. The third-order valence-corrected chi connectivity index (χ3v) is 3.17. The van der Waals surface area contributed by atoms with Crippen molar-refractivity contribution >= 4 is 17.4 Å². The zero-order chi connectivity index (χ0) is 11.3. The van der Waals surface area contributed by atoms with Crippen LogP contribution in [0.1, 0.15) is 17.5 Å². The van der Waals surface area contributed by atoms with Crippen LogP contribution in [0.25, 0.3) is 0 Å². The maximum Gasteiger partial charge on any atom is 0.123 e. The summed E-state index contributed by atoms with van der Waals surface area (Å²) in [6, 6.07) is 3.97. The zero-order valence-electron chi connectivity index (χ0n) is 9.63. The highest BCUT2D eigenvalue weighted by Crippen LogP contribution is 2.27. The Kier molecular flexibility index (Phi) is 4.82. The molecule has 0 aliphatic rings. The second-order valence-electron chi connectivity index (χ2n) is 3.68. The number of hydrogen-bond acceptors (Lipinski definition) is 3. The second kappa shape index (κ2) is 5.91. The average Bonchev–Trinajstić information content (AvgIpc) is 2.24. The molecule has 0 amide bonds. The predicted molar refractivity (Wildman–Crippen MR) is 69.1 cm³/mol. The van der Waals surface area contributed by atoms with Crippen LogP contribution in [-0.2, 0) is 0 Å². The predicted octanol–water partition coefficient (Wildman–Crippen LogP) is 3.17. The molecule has 0 spiro atoms. The fraction of sp³-hybridized carbons (Fsp3) is 0.500. The first kappa shape index (κ1) is 12.2. The maximum atomic E-state index is 9.75. The molecule has 3 heteroatoms. The Morgan fingerprint density at radius 2 is 2.07 bits per heavy atom. The number of rotatable bonds is 5. The van der Waals surface area contributed by atoms with Crippen molar-refractivity contribution in [2.45, 2.75) is 20.3 Å². The van der Waals surface area contributed by atoms with Gasteiger partial charge in [0.25, 0.3) is 0 Å². The van der Waals surface area contributed by atoms with Crippen LogP contribution in [-0.4, -0.2) is 23.7 Å². The summed E-state index contributed by atoms with van der Waals surface area (Å²) in [4.78, 5) is 0. The van der Waals surface area contributed by atoms with Gasteiger partial charge in [0, 0.05) is 17.8 Å². The van der Waals surface area contributed by atoms with Gasteiger partial charge in [-0.3, -0.25) is 0 Å². The van der Waals surface area contributed by atoms with Gasteiger partial charge in [-0.15, -0.1) is 0 Å². The number of thioether (sulfide) groups is 1. The summed E-state index contributed by atoms with van der Waals surface area (Å²) in [5, 5.41) is 13.1. The summed E-state index contributed by atoms with van der Waals surface area (Å²) in [5.41, 5.74) is 2.92. The van der Waals surface area contributed by atoms with Gasteiger partial charge in [-0.05, 0) is 43.9 Å². The van der Waals surface area contributed by atoms with Crippen molar-refractivity contribution in [1.82, 2.24) is 0 Å². The molecule has 0 saturated carbocycles. The lowest BCUT2D eigenvalue weighted by atomic mass is 10.1. The van der Waals surface area contributed by atoms with Gasteiger partial charge < -0.3 is 10.4 Å². The van der Waals surface area contributed by atoms with Gasteiger partial charge in [-0.1, -0.05) is 6.07 Å². The minimum absolute atomic E-state index is 0.407. The fourth-order valence-corrected chi connectivity index (χ4v) is 1.90. The van der Waals surface area contributed by atoms with Crippen LogP contribution >= 0.6 is 11.8 Å². The quantitative estimate of drug-likeness (QED) is 0.755. The van der Waals surface area contributed by atoms with E-state index in [-0.39, 0.29) is 0 Å². The topological polar surface area (TPSA) is 32.3 Å². The molecule has 0 atom stereocenters. The Morgan fingerprint density at radius 3 is 2.73 bits per heavy atom. The molecule has 2 N–H and O–H groups in total. The molecule has 1 rings (SSSR count). The smallest absolute Gasteiger partial charge is 0.123 e. The zero-order valence-corrected chi connectivity index (χ0v) is 10.4. The molecule has 0 aliphatic carbocycles. The number of phenolic OH excluding ortho intramolecular Hbond substituents is 1. The molecular formula is C12H19NOS. The van der Waals surface area contributed by atoms with Crippen LogP contribution in [0.3, 0.4) is 0 Å². The van der Waals surface area contributed by atoms with E-state index in [1.165, 1.54) is 5.75 Å². The Bertz CT molecular complexity index is 326. The lowest BCUT2D eigenvalue weighted by Crippen LogP contribution is -2.04. The monoisotopic (exact) mass is 225 g/mol. The van der Waals surface area contributed by atoms with Gasteiger partial charge in [0.15, 0.2) is 0 Å². The molecule has 0 fully saturated rings. The van der Waals surface area contributed by atoms with Gasteiger partial charge in [0.1, 0.15) is 5.75 Å². The number of benzene rings is 1. The highest BCUT2D eigenvalue weighted by Gasteiger charge is 2.04. The first-order valence-electron chi connectivity index (χ1n) is 5.18. The third-order valence-electron chi connectivity index (χ3n) is 2.47. The highest BCUT2D eigenvalue weighted by atomic mass is 32.2. The molecule has 0 aromatic heterocycles.